The van der Waals surface area contributed by atoms with Gasteiger partial charge in [0.1, 0.15) is 0 Å². The van der Waals surface area contributed by atoms with Gasteiger partial charge in [-0.2, -0.15) is 0 Å². The Hall–Kier alpha value is -1.40. The van der Waals surface area contributed by atoms with E-state index in [2.05, 4.69) is 15.9 Å². The normalized spacial score (nSPS) is 19.9. The zero-order chi connectivity index (χ0) is 14.7. The number of sulfonamides is 1. The molecule has 1 fully saturated rings. The first-order chi connectivity index (χ1) is 9.28. The zero-order valence-electron chi connectivity index (χ0n) is 10.9. The first kappa shape index (κ1) is 13.6. The SMILES string of the molecule is CC1(C)C(=O)N(c2ccc(Br)c3ccccc23)S1(=O)=O. The van der Waals surface area contributed by atoms with Crippen LogP contribution in [0.5, 0.6) is 0 Å². The molecule has 20 heavy (non-hydrogen) atoms. The molecule has 0 aliphatic carbocycles. The molecule has 2 aromatic rings. The molecule has 1 saturated heterocycles. The summed E-state index contributed by atoms with van der Waals surface area (Å²) < 4.78 is 25.0. The Balaban J connectivity index is 2.28. The monoisotopic (exact) mass is 353 g/mol. The van der Waals surface area contributed by atoms with Crippen LogP contribution in [0.2, 0.25) is 0 Å². The lowest BCUT2D eigenvalue weighted by molar-refractivity contribution is -0.120. The van der Waals surface area contributed by atoms with Gasteiger partial charge in [0.15, 0.2) is 4.75 Å². The van der Waals surface area contributed by atoms with Crippen LogP contribution >= 0.6 is 15.9 Å². The molecule has 1 aliphatic rings. The van der Waals surface area contributed by atoms with E-state index in [1.165, 1.54) is 13.8 Å². The Morgan fingerprint density at radius 3 is 2.25 bits per heavy atom. The van der Waals surface area contributed by atoms with E-state index >= 15 is 0 Å². The van der Waals surface area contributed by atoms with Crippen molar-refractivity contribution in [3.63, 3.8) is 0 Å². The topological polar surface area (TPSA) is 54.5 Å². The maximum absolute atomic E-state index is 12.3. The van der Waals surface area contributed by atoms with Crippen molar-refractivity contribution in [2.24, 2.45) is 0 Å². The number of nitrogens with zero attached hydrogens (tertiary/aromatic N) is 1. The van der Waals surface area contributed by atoms with E-state index in [1.807, 2.05) is 24.3 Å². The number of fused-ring (bicyclic) bond motifs is 1. The van der Waals surface area contributed by atoms with Crippen LogP contribution in [0.4, 0.5) is 5.69 Å². The average Bonchev–Trinajstić information content (AvgIpc) is 2.41. The summed E-state index contributed by atoms with van der Waals surface area (Å²) in [7, 11) is -3.64. The minimum atomic E-state index is -3.64. The molecule has 0 aromatic heterocycles. The van der Waals surface area contributed by atoms with E-state index in [1.54, 1.807) is 12.1 Å². The standard InChI is InChI=1S/C14H12BrNO3S/c1-14(2)13(17)16(20(14,18)19)12-8-7-11(15)9-5-3-4-6-10(9)12/h3-8H,1-2H3. The molecule has 104 valence electrons. The molecule has 1 heterocycles. The summed E-state index contributed by atoms with van der Waals surface area (Å²) in [4.78, 5) is 12.2. The number of benzene rings is 2. The van der Waals surface area contributed by atoms with Crippen LogP contribution in [0.1, 0.15) is 13.8 Å². The van der Waals surface area contributed by atoms with Crippen LogP contribution in [0, 0.1) is 0 Å². The number of amides is 1. The highest BCUT2D eigenvalue weighted by atomic mass is 79.9. The predicted octanol–water partition coefficient (Wildman–Crippen LogP) is 3.06. The summed E-state index contributed by atoms with van der Waals surface area (Å²) in [5.41, 5.74) is 0.410. The summed E-state index contributed by atoms with van der Waals surface area (Å²) >= 11 is 3.43. The molecule has 0 saturated carbocycles. The second-order valence-corrected chi connectivity index (χ2v) is 8.39. The van der Waals surface area contributed by atoms with Crippen molar-refractivity contribution in [3.8, 4) is 0 Å². The smallest absolute Gasteiger partial charge is 0.263 e. The van der Waals surface area contributed by atoms with Crippen molar-refractivity contribution < 1.29 is 13.2 Å². The highest BCUT2D eigenvalue weighted by Gasteiger charge is 2.61. The second kappa shape index (κ2) is 4.05. The van der Waals surface area contributed by atoms with Gasteiger partial charge in [-0.1, -0.05) is 40.2 Å². The summed E-state index contributed by atoms with van der Waals surface area (Å²) in [6.45, 7) is 2.87. The molecule has 6 heteroatoms. The molecule has 0 atom stereocenters. The Bertz CT molecular complexity index is 843. The second-order valence-electron chi connectivity index (χ2n) is 5.20. The summed E-state index contributed by atoms with van der Waals surface area (Å²) in [5.74, 6) is -0.398. The Kier molecular flexibility index (Phi) is 2.75. The van der Waals surface area contributed by atoms with Crippen LogP contribution < -0.4 is 4.31 Å². The number of halogens is 1. The quantitative estimate of drug-likeness (QED) is 0.791. The molecule has 0 N–H and O–H groups in total. The molecule has 4 nitrogen and oxygen atoms in total. The molecule has 2 aromatic carbocycles. The Morgan fingerprint density at radius 1 is 1.05 bits per heavy atom. The molecule has 0 unspecified atom stereocenters. The fourth-order valence-corrected chi connectivity index (χ4v) is 4.29. The first-order valence-corrected chi connectivity index (χ1v) is 8.28. The molecule has 1 aliphatic heterocycles. The van der Waals surface area contributed by atoms with Gasteiger partial charge in [-0.15, -0.1) is 0 Å². The highest BCUT2D eigenvalue weighted by molar-refractivity contribution is 9.10. The molecule has 3 rings (SSSR count). The number of carbonyl (C=O) groups excluding carboxylic acids is 1. The lowest BCUT2D eigenvalue weighted by atomic mass is 10.1. The molecular weight excluding hydrogens is 342 g/mol. The predicted molar refractivity (Wildman–Crippen MR) is 82.1 cm³/mol. The minimum absolute atomic E-state index is 0.398. The highest BCUT2D eigenvalue weighted by Crippen LogP contribution is 2.43. The molecular formula is C14H12BrNO3S. The lowest BCUT2D eigenvalue weighted by Crippen LogP contribution is -2.67. The molecule has 0 bridgehead atoms. The minimum Gasteiger partial charge on any atom is -0.272 e. The third kappa shape index (κ3) is 1.52. The maximum Gasteiger partial charge on any atom is 0.263 e. The maximum atomic E-state index is 12.3. The van der Waals surface area contributed by atoms with E-state index in [4.69, 9.17) is 0 Å². The van der Waals surface area contributed by atoms with Crippen molar-refractivity contribution in [2.45, 2.75) is 18.6 Å². The lowest BCUT2D eigenvalue weighted by Gasteiger charge is -2.43. The van der Waals surface area contributed by atoms with Crippen LogP contribution in [-0.2, 0) is 14.8 Å². The number of anilines is 1. The van der Waals surface area contributed by atoms with Gasteiger partial charge < -0.3 is 0 Å². The average molecular weight is 354 g/mol. The number of hydrogen-bond acceptors (Lipinski definition) is 3. The summed E-state index contributed by atoms with van der Waals surface area (Å²) in [6.07, 6.45) is 0. The van der Waals surface area contributed by atoms with Gasteiger partial charge in [0, 0.05) is 9.86 Å². The van der Waals surface area contributed by atoms with Gasteiger partial charge in [0.2, 0.25) is 0 Å². The van der Waals surface area contributed by atoms with E-state index in [0.29, 0.717) is 5.69 Å². The Labute approximate surface area is 125 Å². The number of carbonyl (C=O) groups is 1. The van der Waals surface area contributed by atoms with Gasteiger partial charge in [-0.3, -0.25) is 4.79 Å². The molecule has 0 radical (unpaired) electrons. The first-order valence-electron chi connectivity index (χ1n) is 6.05. The van der Waals surface area contributed by atoms with Gasteiger partial charge in [0.05, 0.1) is 5.69 Å². The van der Waals surface area contributed by atoms with Crippen LogP contribution in [0.15, 0.2) is 40.9 Å². The van der Waals surface area contributed by atoms with Crippen LogP contribution in [0.25, 0.3) is 10.8 Å². The van der Waals surface area contributed by atoms with E-state index < -0.39 is 20.7 Å². The van der Waals surface area contributed by atoms with E-state index in [-0.39, 0.29) is 0 Å². The van der Waals surface area contributed by atoms with E-state index in [0.717, 1.165) is 19.6 Å². The van der Waals surface area contributed by atoms with Crippen molar-refractivity contribution in [1.82, 2.24) is 0 Å². The number of rotatable bonds is 1. The van der Waals surface area contributed by atoms with Crippen molar-refractivity contribution in [2.75, 3.05) is 4.31 Å². The zero-order valence-corrected chi connectivity index (χ0v) is 13.3. The number of hydrogen-bond donors (Lipinski definition) is 0. The fourth-order valence-electron chi connectivity index (χ4n) is 2.32. The van der Waals surface area contributed by atoms with E-state index in [9.17, 15) is 13.2 Å². The van der Waals surface area contributed by atoms with Gasteiger partial charge >= 0.3 is 0 Å². The molecule has 0 spiro atoms. The third-order valence-electron chi connectivity index (χ3n) is 3.65. The fraction of sp³-hybridized carbons (Fsp3) is 0.214. The van der Waals surface area contributed by atoms with Crippen molar-refractivity contribution in [1.29, 1.82) is 0 Å². The van der Waals surface area contributed by atoms with Gasteiger partial charge in [0.25, 0.3) is 15.9 Å². The molecule has 1 amide bonds. The third-order valence-corrected chi connectivity index (χ3v) is 6.65. The Morgan fingerprint density at radius 2 is 1.65 bits per heavy atom. The van der Waals surface area contributed by atoms with Crippen LogP contribution in [0.3, 0.4) is 0 Å². The van der Waals surface area contributed by atoms with Gasteiger partial charge in [-0.05, 0) is 31.4 Å². The summed E-state index contributed by atoms with van der Waals surface area (Å²) in [6, 6.07) is 10.8. The summed E-state index contributed by atoms with van der Waals surface area (Å²) in [5, 5.41) is 1.60. The largest absolute Gasteiger partial charge is 0.272 e. The van der Waals surface area contributed by atoms with Crippen LogP contribution in [-0.4, -0.2) is 19.1 Å². The van der Waals surface area contributed by atoms with Gasteiger partial charge in [-0.25, -0.2) is 12.7 Å². The van der Waals surface area contributed by atoms with Crippen molar-refractivity contribution in [3.05, 3.63) is 40.9 Å². The van der Waals surface area contributed by atoms with Crippen molar-refractivity contribution >= 4 is 48.3 Å².